The van der Waals surface area contributed by atoms with Crippen LogP contribution in [0.1, 0.15) is 57.8 Å². The Bertz CT molecular complexity index is 209. The fourth-order valence-corrected chi connectivity index (χ4v) is 3.86. The number of rotatable bonds is 6. The predicted molar refractivity (Wildman–Crippen MR) is 63.8 cm³/mol. The van der Waals surface area contributed by atoms with Crippen molar-refractivity contribution in [3.8, 4) is 0 Å². The molecule has 2 bridgehead atoms. The summed E-state index contributed by atoms with van der Waals surface area (Å²) in [7, 11) is 0. The van der Waals surface area contributed by atoms with Crippen LogP contribution in [0.4, 0.5) is 0 Å². The van der Waals surface area contributed by atoms with E-state index in [0.29, 0.717) is 0 Å². The highest BCUT2D eigenvalue weighted by Crippen LogP contribution is 2.49. The van der Waals surface area contributed by atoms with Gasteiger partial charge in [0.1, 0.15) is 0 Å². The predicted octanol–water partition coefficient (Wildman–Crippen LogP) is 3.34. The van der Waals surface area contributed by atoms with Gasteiger partial charge in [0.15, 0.2) is 0 Å². The van der Waals surface area contributed by atoms with Crippen LogP contribution in [0.25, 0.3) is 0 Å². The normalized spacial score (nSPS) is 38.8. The first kappa shape index (κ1) is 10.1. The smallest absolute Gasteiger partial charge is 0.00682 e. The van der Waals surface area contributed by atoms with Crippen LogP contribution in [0.2, 0.25) is 0 Å². The van der Waals surface area contributed by atoms with Gasteiger partial charge in [0.05, 0.1) is 0 Å². The zero-order valence-corrected chi connectivity index (χ0v) is 9.88. The summed E-state index contributed by atoms with van der Waals surface area (Å²) in [6, 6.07) is 0.910. The Morgan fingerprint density at radius 3 is 2.53 bits per heavy atom. The Labute approximate surface area is 94.0 Å². The van der Waals surface area contributed by atoms with E-state index >= 15 is 0 Å². The van der Waals surface area contributed by atoms with Gasteiger partial charge in [0.25, 0.3) is 0 Å². The van der Waals surface area contributed by atoms with E-state index in [2.05, 4.69) is 5.32 Å². The van der Waals surface area contributed by atoms with Gasteiger partial charge >= 0.3 is 0 Å². The molecule has 0 aliphatic heterocycles. The van der Waals surface area contributed by atoms with Gasteiger partial charge < -0.3 is 5.32 Å². The molecule has 0 aromatic rings. The quantitative estimate of drug-likeness (QED) is 0.659. The minimum absolute atomic E-state index is 0.910. The highest BCUT2D eigenvalue weighted by Gasteiger charge is 2.38. The number of unbranched alkanes of at least 4 members (excludes halogenated alkanes) is 1. The lowest BCUT2D eigenvalue weighted by Gasteiger charge is -2.21. The molecule has 3 unspecified atom stereocenters. The SMILES string of the molecule is C(CCC1CC2CCC1C2)CNC1CC1. The van der Waals surface area contributed by atoms with Crippen molar-refractivity contribution in [1.29, 1.82) is 0 Å². The first-order valence-electron chi connectivity index (χ1n) is 7.15. The van der Waals surface area contributed by atoms with Crippen molar-refractivity contribution >= 4 is 0 Å². The summed E-state index contributed by atoms with van der Waals surface area (Å²) < 4.78 is 0. The molecule has 3 atom stereocenters. The summed E-state index contributed by atoms with van der Waals surface area (Å²) >= 11 is 0. The third-order valence-electron chi connectivity index (χ3n) is 4.90. The fraction of sp³-hybridized carbons (Fsp3) is 1.00. The fourth-order valence-electron chi connectivity index (χ4n) is 3.86. The van der Waals surface area contributed by atoms with Crippen LogP contribution in [0.15, 0.2) is 0 Å². The molecule has 15 heavy (non-hydrogen) atoms. The van der Waals surface area contributed by atoms with Gasteiger partial charge in [-0.3, -0.25) is 0 Å². The van der Waals surface area contributed by atoms with Gasteiger partial charge in [-0.15, -0.1) is 0 Å². The second-order valence-electron chi connectivity index (χ2n) is 6.16. The average molecular weight is 207 g/mol. The first-order valence-corrected chi connectivity index (χ1v) is 7.15. The lowest BCUT2D eigenvalue weighted by Crippen LogP contribution is -2.18. The summed E-state index contributed by atoms with van der Waals surface area (Å²) in [5, 5.41) is 3.62. The molecule has 3 aliphatic carbocycles. The van der Waals surface area contributed by atoms with Crippen molar-refractivity contribution in [3.63, 3.8) is 0 Å². The number of hydrogen-bond donors (Lipinski definition) is 1. The molecule has 3 saturated carbocycles. The number of fused-ring (bicyclic) bond motifs is 2. The zero-order chi connectivity index (χ0) is 10.1. The first-order chi connectivity index (χ1) is 7.42. The molecule has 1 nitrogen and oxygen atoms in total. The lowest BCUT2D eigenvalue weighted by molar-refractivity contribution is 0.305. The van der Waals surface area contributed by atoms with E-state index in [-0.39, 0.29) is 0 Å². The lowest BCUT2D eigenvalue weighted by atomic mass is 9.85. The van der Waals surface area contributed by atoms with E-state index in [4.69, 9.17) is 0 Å². The highest BCUT2D eigenvalue weighted by atomic mass is 14.9. The third-order valence-corrected chi connectivity index (χ3v) is 4.90. The van der Waals surface area contributed by atoms with Gasteiger partial charge in [0, 0.05) is 6.04 Å². The molecule has 1 N–H and O–H groups in total. The van der Waals surface area contributed by atoms with E-state index < -0.39 is 0 Å². The van der Waals surface area contributed by atoms with Gasteiger partial charge in [-0.2, -0.15) is 0 Å². The number of nitrogens with one attached hydrogen (secondary N) is 1. The summed E-state index contributed by atoms with van der Waals surface area (Å²) in [6.45, 7) is 1.28. The Balaban J connectivity index is 1.26. The van der Waals surface area contributed by atoms with Crippen LogP contribution < -0.4 is 5.32 Å². The molecule has 3 aliphatic rings. The molecule has 86 valence electrons. The molecular weight excluding hydrogens is 182 g/mol. The second kappa shape index (κ2) is 4.45. The Morgan fingerprint density at radius 1 is 0.933 bits per heavy atom. The topological polar surface area (TPSA) is 12.0 Å². The second-order valence-corrected chi connectivity index (χ2v) is 6.16. The molecule has 0 aromatic heterocycles. The Morgan fingerprint density at radius 2 is 1.87 bits per heavy atom. The van der Waals surface area contributed by atoms with Crippen molar-refractivity contribution in [2.45, 2.75) is 63.8 Å². The standard InChI is InChI=1S/C14H25N/c1(2-8-15-14-6-7-14)3-12-9-11-4-5-13(12)10-11/h11-15H,1-10H2. The van der Waals surface area contributed by atoms with Crippen molar-refractivity contribution < 1.29 is 0 Å². The third kappa shape index (κ3) is 2.55. The maximum absolute atomic E-state index is 3.62. The van der Waals surface area contributed by atoms with E-state index in [1.54, 1.807) is 25.7 Å². The molecular formula is C14H25N. The molecule has 0 heterocycles. The molecule has 0 spiro atoms. The number of hydrogen-bond acceptors (Lipinski definition) is 1. The summed E-state index contributed by atoms with van der Waals surface area (Å²) in [5.41, 5.74) is 0. The van der Waals surface area contributed by atoms with Crippen LogP contribution in [-0.2, 0) is 0 Å². The molecule has 3 rings (SSSR count). The van der Waals surface area contributed by atoms with Gasteiger partial charge in [-0.25, -0.2) is 0 Å². The summed E-state index contributed by atoms with van der Waals surface area (Å²) in [5.74, 6) is 3.42. The van der Waals surface area contributed by atoms with Crippen LogP contribution in [0.5, 0.6) is 0 Å². The van der Waals surface area contributed by atoms with Crippen LogP contribution in [-0.4, -0.2) is 12.6 Å². The molecule has 0 radical (unpaired) electrons. The van der Waals surface area contributed by atoms with Crippen molar-refractivity contribution in [2.75, 3.05) is 6.54 Å². The van der Waals surface area contributed by atoms with Crippen molar-refractivity contribution in [2.24, 2.45) is 17.8 Å². The average Bonchev–Trinajstić information content (AvgIpc) is 2.84. The van der Waals surface area contributed by atoms with E-state index in [1.807, 2.05) is 0 Å². The monoisotopic (exact) mass is 207 g/mol. The van der Waals surface area contributed by atoms with Gasteiger partial charge in [-0.05, 0) is 62.8 Å². The molecule has 0 saturated heterocycles. The minimum Gasteiger partial charge on any atom is -0.314 e. The molecule has 3 fully saturated rings. The van der Waals surface area contributed by atoms with E-state index in [0.717, 1.165) is 23.8 Å². The Kier molecular flexibility index (Phi) is 3.01. The highest BCUT2D eigenvalue weighted by molar-refractivity contribution is 4.89. The zero-order valence-electron chi connectivity index (χ0n) is 9.88. The molecule has 1 heteroatoms. The Hall–Kier alpha value is -0.0400. The minimum atomic E-state index is 0.910. The van der Waals surface area contributed by atoms with E-state index in [9.17, 15) is 0 Å². The van der Waals surface area contributed by atoms with E-state index in [1.165, 1.54) is 38.6 Å². The van der Waals surface area contributed by atoms with Crippen molar-refractivity contribution in [1.82, 2.24) is 5.32 Å². The van der Waals surface area contributed by atoms with Crippen molar-refractivity contribution in [3.05, 3.63) is 0 Å². The van der Waals surface area contributed by atoms with Gasteiger partial charge in [-0.1, -0.05) is 19.3 Å². The largest absolute Gasteiger partial charge is 0.314 e. The molecule has 0 amide bonds. The van der Waals surface area contributed by atoms with Crippen LogP contribution in [0.3, 0.4) is 0 Å². The summed E-state index contributed by atoms with van der Waals surface area (Å²) in [6.07, 6.45) is 13.6. The maximum atomic E-state index is 3.62. The maximum Gasteiger partial charge on any atom is 0.00682 e. The van der Waals surface area contributed by atoms with Crippen LogP contribution in [0, 0.1) is 17.8 Å². The van der Waals surface area contributed by atoms with Crippen LogP contribution >= 0.6 is 0 Å². The molecule has 0 aromatic carbocycles. The summed E-state index contributed by atoms with van der Waals surface area (Å²) in [4.78, 5) is 0. The van der Waals surface area contributed by atoms with Gasteiger partial charge in [0.2, 0.25) is 0 Å².